The highest BCUT2D eigenvalue weighted by atomic mass is 32.2. The Kier molecular flexibility index (Phi) is 6.19. The van der Waals surface area contributed by atoms with Crippen molar-refractivity contribution < 1.29 is 17.9 Å². The van der Waals surface area contributed by atoms with Gasteiger partial charge in [-0.1, -0.05) is 13.8 Å². The van der Waals surface area contributed by atoms with Gasteiger partial charge in [-0.05, 0) is 68.0 Å². The summed E-state index contributed by atoms with van der Waals surface area (Å²) in [5.41, 5.74) is 8.37. The highest BCUT2D eigenvalue weighted by Crippen LogP contribution is 2.39. The van der Waals surface area contributed by atoms with Crippen LogP contribution in [0.25, 0.3) is 0 Å². The maximum atomic E-state index is 13.7. The summed E-state index contributed by atoms with van der Waals surface area (Å²) in [7, 11) is -2.15. The molecule has 2 aromatic rings. The summed E-state index contributed by atoms with van der Waals surface area (Å²) < 4.78 is 34.3. The fourth-order valence-corrected chi connectivity index (χ4v) is 5.97. The van der Waals surface area contributed by atoms with Gasteiger partial charge in [0.1, 0.15) is 5.75 Å². The molecular formula is C22H29N3O4S. The molecular weight excluding hydrogens is 402 g/mol. The van der Waals surface area contributed by atoms with E-state index in [1.807, 2.05) is 13.8 Å². The predicted molar refractivity (Wildman–Crippen MR) is 115 cm³/mol. The zero-order valence-electron chi connectivity index (χ0n) is 18.1. The lowest BCUT2D eigenvalue weighted by Gasteiger charge is -2.26. The van der Waals surface area contributed by atoms with E-state index in [0.29, 0.717) is 46.1 Å². The number of aromatic nitrogens is 1. The predicted octanol–water partition coefficient (Wildman–Crippen LogP) is 3.46. The highest BCUT2D eigenvalue weighted by Gasteiger charge is 2.38. The van der Waals surface area contributed by atoms with Crippen LogP contribution in [-0.4, -0.2) is 37.3 Å². The Hall–Kier alpha value is -2.45. The SMILES string of the molecule is COc1cc(C)c(S(=O)(=O)N2CCC[C@@H]2c2ccc(C(N)=O)c(C)n2)cc1C(C)C. The van der Waals surface area contributed by atoms with Crippen LogP contribution >= 0.6 is 0 Å². The number of carbonyl (C=O) groups is 1. The van der Waals surface area contributed by atoms with Crippen molar-refractivity contribution in [3.05, 3.63) is 52.3 Å². The quantitative estimate of drug-likeness (QED) is 0.755. The maximum Gasteiger partial charge on any atom is 0.250 e. The van der Waals surface area contributed by atoms with Gasteiger partial charge in [0.25, 0.3) is 5.91 Å². The van der Waals surface area contributed by atoms with Gasteiger partial charge in [0.15, 0.2) is 0 Å². The molecule has 1 amide bonds. The summed E-state index contributed by atoms with van der Waals surface area (Å²) in [6.07, 6.45) is 1.42. The third-order valence-electron chi connectivity index (χ3n) is 5.65. The van der Waals surface area contributed by atoms with E-state index < -0.39 is 15.9 Å². The molecule has 0 aliphatic carbocycles. The average molecular weight is 432 g/mol. The van der Waals surface area contributed by atoms with Gasteiger partial charge in [-0.3, -0.25) is 9.78 Å². The summed E-state index contributed by atoms with van der Waals surface area (Å²) >= 11 is 0. The number of carbonyl (C=O) groups excluding carboxylic acids is 1. The Bertz CT molecular complexity index is 1080. The van der Waals surface area contributed by atoms with Gasteiger partial charge in [-0.25, -0.2) is 8.42 Å². The molecule has 3 rings (SSSR count). The third-order valence-corrected chi connectivity index (χ3v) is 7.70. The summed E-state index contributed by atoms with van der Waals surface area (Å²) in [6, 6.07) is 6.47. The Balaban J connectivity index is 2.05. The number of nitrogens with two attached hydrogens (primary N) is 1. The topological polar surface area (TPSA) is 103 Å². The molecule has 7 nitrogen and oxygen atoms in total. The number of aryl methyl sites for hydroxylation is 2. The number of ether oxygens (including phenoxy) is 1. The second-order valence-corrected chi connectivity index (χ2v) is 9.88. The Morgan fingerprint density at radius 1 is 1.27 bits per heavy atom. The molecule has 1 saturated heterocycles. The molecule has 162 valence electrons. The molecule has 1 fully saturated rings. The van der Waals surface area contributed by atoms with E-state index in [1.54, 1.807) is 45.2 Å². The monoisotopic (exact) mass is 431 g/mol. The molecule has 1 aliphatic rings. The number of rotatable bonds is 6. The lowest BCUT2D eigenvalue weighted by Crippen LogP contribution is -2.32. The van der Waals surface area contributed by atoms with Crippen molar-refractivity contribution in [2.75, 3.05) is 13.7 Å². The van der Waals surface area contributed by atoms with Gasteiger partial charge in [-0.15, -0.1) is 0 Å². The Labute approximate surface area is 178 Å². The second-order valence-electron chi connectivity index (χ2n) is 8.02. The fraction of sp³-hybridized carbons (Fsp3) is 0.455. The first kappa shape index (κ1) is 22.2. The lowest BCUT2D eigenvalue weighted by molar-refractivity contribution is 0.0999. The molecule has 1 aromatic carbocycles. The first-order valence-electron chi connectivity index (χ1n) is 10.1. The molecule has 1 aromatic heterocycles. The standard InChI is InChI=1S/C22H29N3O4S/c1-13(2)17-12-21(14(3)11-20(17)29-5)30(27,28)25-10-6-7-19(25)18-9-8-16(22(23)26)15(4)24-18/h8-9,11-13,19H,6-7,10H2,1-5H3,(H2,23,26)/t19-/m1/s1. The van der Waals surface area contributed by atoms with Gasteiger partial charge < -0.3 is 10.5 Å². The van der Waals surface area contributed by atoms with Gasteiger partial charge in [-0.2, -0.15) is 4.31 Å². The molecule has 2 heterocycles. The molecule has 0 bridgehead atoms. The number of pyridine rings is 1. The van der Waals surface area contributed by atoms with Crippen molar-refractivity contribution in [3.63, 3.8) is 0 Å². The highest BCUT2D eigenvalue weighted by molar-refractivity contribution is 7.89. The molecule has 1 atom stereocenters. The maximum absolute atomic E-state index is 13.7. The minimum Gasteiger partial charge on any atom is -0.496 e. The van der Waals surface area contributed by atoms with Gasteiger partial charge >= 0.3 is 0 Å². The summed E-state index contributed by atoms with van der Waals surface area (Å²) in [4.78, 5) is 16.3. The number of hydrogen-bond donors (Lipinski definition) is 1. The van der Waals surface area contributed by atoms with E-state index in [0.717, 1.165) is 12.0 Å². The van der Waals surface area contributed by atoms with Crippen molar-refractivity contribution in [2.45, 2.75) is 57.4 Å². The Morgan fingerprint density at radius 2 is 1.97 bits per heavy atom. The van der Waals surface area contributed by atoms with Gasteiger partial charge in [0.2, 0.25) is 10.0 Å². The number of nitrogens with zero attached hydrogens (tertiary/aromatic N) is 2. The average Bonchev–Trinajstić information content (AvgIpc) is 3.17. The van der Waals surface area contributed by atoms with Gasteiger partial charge in [0, 0.05) is 6.54 Å². The van der Waals surface area contributed by atoms with Crippen LogP contribution in [0.2, 0.25) is 0 Å². The number of methoxy groups -OCH3 is 1. The van der Waals surface area contributed by atoms with E-state index in [2.05, 4.69) is 4.98 Å². The molecule has 0 radical (unpaired) electrons. The van der Waals surface area contributed by atoms with Crippen molar-refractivity contribution in [2.24, 2.45) is 5.73 Å². The number of hydrogen-bond acceptors (Lipinski definition) is 5. The van der Waals surface area contributed by atoms with Crippen molar-refractivity contribution >= 4 is 15.9 Å². The molecule has 2 N–H and O–H groups in total. The van der Waals surface area contributed by atoms with Gasteiger partial charge in [0.05, 0.1) is 35.0 Å². The van der Waals surface area contributed by atoms with Crippen LogP contribution < -0.4 is 10.5 Å². The minimum atomic E-state index is -3.74. The first-order valence-corrected chi connectivity index (χ1v) is 11.5. The van der Waals surface area contributed by atoms with Crippen molar-refractivity contribution in [1.82, 2.24) is 9.29 Å². The van der Waals surface area contributed by atoms with Crippen LogP contribution in [0.3, 0.4) is 0 Å². The number of primary amides is 1. The fourth-order valence-electron chi connectivity index (χ4n) is 4.06. The molecule has 0 unspecified atom stereocenters. The van der Waals surface area contributed by atoms with Crippen LogP contribution in [0, 0.1) is 13.8 Å². The number of sulfonamides is 1. The van der Waals surface area contributed by atoms with Crippen LogP contribution in [-0.2, 0) is 10.0 Å². The van der Waals surface area contributed by atoms with E-state index in [1.165, 1.54) is 4.31 Å². The molecule has 30 heavy (non-hydrogen) atoms. The smallest absolute Gasteiger partial charge is 0.250 e. The lowest BCUT2D eigenvalue weighted by atomic mass is 10.0. The van der Waals surface area contributed by atoms with Crippen LogP contribution in [0.15, 0.2) is 29.2 Å². The first-order chi connectivity index (χ1) is 14.1. The van der Waals surface area contributed by atoms with Crippen LogP contribution in [0.5, 0.6) is 5.75 Å². The second kappa shape index (κ2) is 8.35. The molecule has 1 aliphatic heterocycles. The third kappa shape index (κ3) is 3.94. The molecule has 0 spiro atoms. The van der Waals surface area contributed by atoms with E-state index in [9.17, 15) is 13.2 Å². The van der Waals surface area contributed by atoms with E-state index in [4.69, 9.17) is 10.5 Å². The van der Waals surface area contributed by atoms with Crippen molar-refractivity contribution in [1.29, 1.82) is 0 Å². The molecule has 0 saturated carbocycles. The zero-order chi connectivity index (χ0) is 22.2. The largest absolute Gasteiger partial charge is 0.496 e. The summed E-state index contributed by atoms with van der Waals surface area (Å²) in [5, 5.41) is 0. The summed E-state index contributed by atoms with van der Waals surface area (Å²) in [5.74, 6) is 0.269. The van der Waals surface area contributed by atoms with E-state index in [-0.39, 0.29) is 12.0 Å². The zero-order valence-corrected chi connectivity index (χ0v) is 18.9. The minimum absolute atomic E-state index is 0.120. The van der Waals surface area contributed by atoms with Crippen LogP contribution in [0.1, 0.15) is 71.5 Å². The number of amides is 1. The Morgan fingerprint density at radius 3 is 2.53 bits per heavy atom. The van der Waals surface area contributed by atoms with E-state index >= 15 is 0 Å². The number of benzene rings is 1. The molecule has 8 heteroatoms. The summed E-state index contributed by atoms with van der Waals surface area (Å²) in [6.45, 7) is 7.94. The van der Waals surface area contributed by atoms with Crippen molar-refractivity contribution in [3.8, 4) is 5.75 Å². The normalized spacial score (nSPS) is 17.5. The van der Waals surface area contributed by atoms with Crippen LogP contribution in [0.4, 0.5) is 0 Å².